The normalized spacial score (nSPS) is 11.6. The summed E-state index contributed by atoms with van der Waals surface area (Å²) in [6.45, 7) is 1.86. The molecule has 1 atom stereocenters. The Morgan fingerprint density at radius 2 is 2.11 bits per heavy atom. The van der Waals surface area contributed by atoms with E-state index in [1.807, 2.05) is 0 Å². The Bertz CT molecular complexity index is 448. The largest absolute Gasteiger partial charge is 0.493 e. The lowest BCUT2D eigenvalue weighted by atomic mass is 10.2. The number of rotatable bonds is 7. The van der Waals surface area contributed by atoms with Crippen LogP contribution in [0.1, 0.15) is 19.8 Å². The summed E-state index contributed by atoms with van der Waals surface area (Å²) in [4.78, 5) is 22.3. The van der Waals surface area contributed by atoms with Crippen molar-refractivity contribution in [2.45, 2.75) is 25.9 Å². The zero-order chi connectivity index (χ0) is 14.3. The quantitative estimate of drug-likeness (QED) is 0.562. The summed E-state index contributed by atoms with van der Waals surface area (Å²) in [7, 11) is 0. The number of carbonyl (C=O) groups is 2. The van der Waals surface area contributed by atoms with E-state index >= 15 is 0 Å². The van der Waals surface area contributed by atoms with Crippen LogP contribution in [0.2, 0.25) is 0 Å². The van der Waals surface area contributed by atoms with E-state index in [0.29, 0.717) is 17.9 Å². The fourth-order valence-corrected chi connectivity index (χ4v) is 1.42. The van der Waals surface area contributed by atoms with Gasteiger partial charge < -0.3 is 20.9 Å². The van der Waals surface area contributed by atoms with Crippen LogP contribution in [0.5, 0.6) is 5.75 Å². The van der Waals surface area contributed by atoms with E-state index in [-0.39, 0.29) is 13.0 Å². The van der Waals surface area contributed by atoms with Crippen LogP contribution in [-0.4, -0.2) is 24.6 Å². The highest BCUT2D eigenvalue weighted by atomic mass is 16.6. The van der Waals surface area contributed by atoms with E-state index in [4.69, 9.17) is 20.9 Å². The minimum absolute atomic E-state index is 0.0403. The fraction of sp³-hybridized carbons (Fsp3) is 0.385. The van der Waals surface area contributed by atoms with Crippen molar-refractivity contribution in [3.05, 3.63) is 24.3 Å². The maximum atomic E-state index is 11.4. The number of nitrogen functional groups attached to an aromatic ring is 1. The van der Waals surface area contributed by atoms with Gasteiger partial charge in [-0.3, -0.25) is 9.59 Å². The number of hydrogen-bond donors (Lipinski definition) is 2. The molecule has 0 aliphatic heterocycles. The summed E-state index contributed by atoms with van der Waals surface area (Å²) in [5, 5.41) is 0. The van der Waals surface area contributed by atoms with Gasteiger partial charge in [0.25, 0.3) is 5.91 Å². The molecule has 1 amide bonds. The van der Waals surface area contributed by atoms with Crippen LogP contribution in [0.4, 0.5) is 5.69 Å². The lowest BCUT2D eigenvalue weighted by molar-refractivity contribution is -0.155. The van der Waals surface area contributed by atoms with Crippen LogP contribution in [0.3, 0.4) is 0 Å². The first kappa shape index (κ1) is 14.8. The molecule has 104 valence electrons. The maximum Gasteiger partial charge on any atom is 0.310 e. The Morgan fingerprint density at radius 1 is 1.37 bits per heavy atom. The van der Waals surface area contributed by atoms with E-state index in [2.05, 4.69) is 0 Å². The summed E-state index contributed by atoms with van der Waals surface area (Å²) < 4.78 is 10.2. The molecular weight excluding hydrogens is 248 g/mol. The SMILES string of the molecule is CCC(OC(=O)CCOc1cccc(N)c1)C(N)=O. The molecule has 6 heteroatoms. The molecule has 6 nitrogen and oxygen atoms in total. The molecule has 0 radical (unpaired) electrons. The predicted octanol–water partition coefficient (Wildman–Crippen LogP) is 0.845. The molecular formula is C13H18N2O4. The Labute approximate surface area is 111 Å². The molecule has 1 aromatic carbocycles. The number of nitrogens with two attached hydrogens (primary N) is 2. The number of ether oxygens (including phenoxy) is 2. The monoisotopic (exact) mass is 266 g/mol. The van der Waals surface area contributed by atoms with Crippen LogP contribution in [0, 0.1) is 0 Å². The number of anilines is 1. The molecule has 4 N–H and O–H groups in total. The second-order valence-electron chi connectivity index (χ2n) is 3.96. The summed E-state index contributed by atoms with van der Waals surface area (Å²) in [6.07, 6.45) is -0.477. The highest BCUT2D eigenvalue weighted by molar-refractivity contribution is 5.82. The number of carbonyl (C=O) groups excluding carboxylic acids is 2. The third kappa shape index (κ3) is 5.29. The summed E-state index contributed by atoms with van der Waals surface area (Å²) in [6, 6.07) is 6.88. The average Bonchev–Trinajstić information content (AvgIpc) is 2.35. The molecule has 0 aromatic heterocycles. The molecule has 0 fully saturated rings. The van der Waals surface area contributed by atoms with Crippen molar-refractivity contribution in [3.63, 3.8) is 0 Å². The van der Waals surface area contributed by atoms with Crippen LogP contribution >= 0.6 is 0 Å². The highest BCUT2D eigenvalue weighted by Crippen LogP contribution is 2.14. The van der Waals surface area contributed by atoms with Crippen molar-refractivity contribution < 1.29 is 19.1 Å². The van der Waals surface area contributed by atoms with Gasteiger partial charge in [-0.1, -0.05) is 13.0 Å². The number of benzene rings is 1. The Hall–Kier alpha value is -2.24. The molecule has 0 aliphatic rings. The third-order valence-electron chi connectivity index (χ3n) is 2.39. The molecule has 1 aromatic rings. The van der Waals surface area contributed by atoms with Crippen molar-refractivity contribution in [1.29, 1.82) is 0 Å². The Morgan fingerprint density at radius 3 is 2.68 bits per heavy atom. The van der Waals surface area contributed by atoms with Gasteiger partial charge >= 0.3 is 5.97 Å². The van der Waals surface area contributed by atoms with E-state index < -0.39 is 18.0 Å². The average molecular weight is 266 g/mol. The van der Waals surface area contributed by atoms with Crippen LogP contribution in [0.15, 0.2) is 24.3 Å². The second kappa shape index (κ2) is 7.25. The van der Waals surface area contributed by atoms with E-state index in [1.54, 1.807) is 31.2 Å². The van der Waals surface area contributed by atoms with Gasteiger partial charge in [-0.25, -0.2) is 0 Å². The molecule has 1 rings (SSSR count). The highest BCUT2D eigenvalue weighted by Gasteiger charge is 2.17. The van der Waals surface area contributed by atoms with Crippen LogP contribution < -0.4 is 16.2 Å². The first-order chi connectivity index (χ1) is 9.02. The van der Waals surface area contributed by atoms with Crippen molar-refractivity contribution >= 4 is 17.6 Å². The molecule has 1 unspecified atom stereocenters. The van der Waals surface area contributed by atoms with Gasteiger partial charge in [0.05, 0.1) is 13.0 Å². The summed E-state index contributed by atoms with van der Waals surface area (Å²) in [5.41, 5.74) is 11.2. The minimum atomic E-state index is -0.875. The van der Waals surface area contributed by atoms with Gasteiger partial charge in [0.15, 0.2) is 6.10 Å². The Balaban J connectivity index is 2.33. The van der Waals surface area contributed by atoms with Crippen molar-refractivity contribution in [2.24, 2.45) is 5.73 Å². The van der Waals surface area contributed by atoms with Gasteiger partial charge in [-0.05, 0) is 18.6 Å². The van der Waals surface area contributed by atoms with Gasteiger partial charge in [0.2, 0.25) is 0 Å². The topological polar surface area (TPSA) is 105 Å². The van der Waals surface area contributed by atoms with Gasteiger partial charge in [-0.15, -0.1) is 0 Å². The summed E-state index contributed by atoms with van der Waals surface area (Å²) in [5.74, 6) is -0.586. The number of esters is 1. The third-order valence-corrected chi connectivity index (χ3v) is 2.39. The van der Waals surface area contributed by atoms with Gasteiger partial charge in [0, 0.05) is 11.8 Å². The minimum Gasteiger partial charge on any atom is -0.493 e. The lowest BCUT2D eigenvalue weighted by Gasteiger charge is -2.12. The standard InChI is InChI=1S/C13H18N2O4/c1-2-11(13(15)17)19-12(16)6-7-18-10-5-3-4-9(14)8-10/h3-5,8,11H,2,6-7,14H2,1H3,(H2,15,17). The number of primary amides is 1. The predicted molar refractivity (Wildman–Crippen MR) is 70.3 cm³/mol. The van der Waals surface area contributed by atoms with E-state index in [1.165, 1.54) is 0 Å². The maximum absolute atomic E-state index is 11.4. The molecule has 0 spiro atoms. The molecule has 0 aliphatic carbocycles. The van der Waals surface area contributed by atoms with Crippen LogP contribution in [0.25, 0.3) is 0 Å². The first-order valence-electron chi connectivity index (χ1n) is 6.00. The molecule has 0 bridgehead atoms. The zero-order valence-electron chi connectivity index (χ0n) is 10.8. The number of hydrogen-bond acceptors (Lipinski definition) is 5. The molecule has 0 saturated carbocycles. The molecule has 0 heterocycles. The van der Waals surface area contributed by atoms with Gasteiger partial charge in [0.1, 0.15) is 5.75 Å². The van der Waals surface area contributed by atoms with Crippen molar-refractivity contribution in [3.8, 4) is 5.75 Å². The second-order valence-corrected chi connectivity index (χ2v) is 3.96. The zero-order valence-corrected chi connectivity index (χ0v) is 10.8. The Kier molecular flexibility index (Phi) is 5.66. The van der Waals surface area contributed by atoms with Gasteiger partial charge in [-0.2, -0.15) is 0 Å². The van der Waals surface area contributed by atoms with Crippen molar-refractivity contribution in [2.75, 3.05) is 12.3 Å². The smallest absolute Gasteiger partial charge is 0.310 e. The number of amides is 1. The summed E-state index contributed by atoms with van der Waals surface area (Å²) >= 11 is 0. The van der Waals surface area contributed by atoms with Crippen LogP contribution in [-0.2, 0) is 14.3 Å². The lowest BCUT2D eigenvalue weighted by Crippen LogP contribution is -2.32. The fourth-order valence-electron chi connectivity index (χ4n) is 1.42. The molecule has 19 heavy (non-hydrogen) atoms. The molecule has 0 saturated heterocycles. The van der Waals surface area contributed by atoms with E-state index in [9.17, 15) is 9.59 Å². The first-order valence-corrected chi connectivity index (χ1v) is 6.00. The van der Waals surface area contributed by atoms with E-state index in [0.717, 1.165) is 0 Å². The van der Waals surface area contributed by atoms with Crippen molar-refractivity contribution in [1.82, 2.24) is 0 Å².